The summed E-state index contributed by atoms with van der Waals surface area (Å²) in [6.07, 6.45) is 1.75. The summed E-state index contributed by atoms with van der Waals surface area (Å²) in [7, 11) is 0. The predicted molar refractivity (Wildman–Crippen MR) is 74.7 cm³/mol. The van der Waals surface area contributed by atoms with Gasteiger partial charge in [-0.25, -0.2) is 9.37 Å². The van der Waals surface area contributed by atoms with Crippen LogP contribution in [0.15, 0.2) is 42.6 Å². The third-order valence-electron chi connectivity index (χ3n) is 3.71. The third-order valence-corrected chi connectivity index (χ3v) is 3.71. The molecule has 0 radical (unpaired) electrons. The first-order valence-corrected chi connectivity index (χ1v) is 6.52. The van der Waals surface area contributed by atoms with Crippen LogP contribution in [-0.2, 0) is 5.60 Å². The zero-order valence-electron chi connectivity index (χ0n) is 11.2. The molecule has 0 saturated heterocycles. The van der Waals surface area contributed by atoms with Crippen LogP contribution in [0.2, 0.25) is 0 Å². The van der Waals surface area contributed by atoms with Crippen molar-refractivity contribution in [2.24, 2.45) is 0 Å². The van der Waals surface area contributed by atoms with Gasteiger partial charge in [0.2, 0.25) is 0 Å². The number of fused-ring (bicyclic) bond motifs is 5. The van der Waals surface area contributed by atoms with E-state index in [1.54, 1.807) is 12.3 Å². The van der Waals surface area contributed by atoms with Crippen LogP contribution in [0.25, 0.3) is 16.7 Å². The van der Waals surface area contributed by atoms with E-state index in [9.17, 15) is 4.39 Å². The Balaban J connectivity index is 2.16. The van der Waals surface area contributed by atoms with Crippen LogP contribution in [0, 0.1) is 5.82 Å². The highest BCUT2D eigenvalue weighted by molar-refractivity contribution is 5.81. The lowest BCUT2D eigenvalue weighted by Crippen LogP contribution is -2.32. The largest absolute Gasteiger partial charge is 0.479 e. The van der Waals surface area contributed by atoms with Gasteiger partial charge in [0.05, 0.1) is 11.4 Å². The van der Waals surface area contributed by atoms with E-state index in [0.29, 0.717) is 11.4 Å². The van der Waals surface area contributed by atoms with Gasteiger partial charge in [0, 0.05) is 17.6 Å². The Hall–Kier alpha value is -2.36. The van der Waals surface area contributed by atoms with Crippen molar-refractivity contribution < 1.29 is 9.13 Å². The maximum atomic E-state index is 13.6. The average Bonchev–Trinajstić information content (AvgIpc) is 2.80. The van der Waals surface area contributed by atoms with Crippen LogP contribution in [0.1, 0.15) is 19.5 Å². The Bertz CT molecular complexity index is 836. The van der Waals surface area contributed by atoms with Crippen molar-refractivity contribution >= 4 is 11.0 Å². The summed E-state index contributed by atoms with van der Waals surface area (Å²) in [5.41, 5.74) is 2.02. The number of halogens is 1. The molecule has 4 heteroatoms. The van der Waals surface area contributed by atoms with E-state index in [2.05, 4.69) is 11.1 Å². The Morgan fingerprint density at radius 1 is 1.20 bits per heavy atom. The van der Waals surface area contributed by atoms with Crippen LogP contribution in [0.3, 0.4) is 0 Å². The van der Waals surface area contributed by atoms with Gasteiger partial charge in [0.15, 0.2) is 0 Å². The number of hydrogen-bond donors (Lipinski definition) is 0. The minimum atomic E-state index is -0.481. The molecule has 3 nitrogen and oxygen atoms in total. The van der Waals surface area contributed by atoms with Crippen molar-refractivity contribution in [1.82, 2.24) is 9.55 Å². The minimum Gasteiger partial charge on any atom is -0.479 e. The SMILES string of the molecule is CC1(C)Oc2ccc(F)cc2-n2c1cc1cccnc12. The number of hydrogen-bond acceptors (Lipinski definition) is 2. The maximum absolute atomic E-state index is 13.6. The van der Waals surface area contributed by atoms with Crippen molar-refractivity contribution in [3.05, 3.63) is 54.1 Å². The second-order valence-corrected chi connectivity index (χ2v) is 5.51. The zero-order chi connectivity index (χ0) is 13.9. The molecule has 4 rings (SSSR count). The van der Waals surface area contributed by atoms with Gasteiger partial charge in [-0.1, -0.05) is 0 Å². The topological polar surface area (TPSA) is 27.1 Å². The Labute approximate surface area is 115 Å². The van der Waals surface area contributed by atoms with Gasteiger partial charge < -0.3 is 4.74 Å². The van der Waals surface area contributed by atoms with E-state index >= 15 is 0 Å². The summed E-state index contributed by atoms with van der Waals surface area (Å²) < 4.78 is 21.6. The van der Waals surface area contributed by atoms with Crippen LogP contribution < -0.4 is 4.74 Å². The predicted octanol–water partition coefficient (Wildman–Crippen LogP) is 3.79. The van der Waals surface area contributed by atoms with Crippen LogP contribution >= 0.6 is 0 Å². The Morgan fingerprint density at radius 2 is 2.05 bits per heavy atom. The van der Waals surface area contributed by atoms with E-state index < -0.39 is 5.60 Å². The van der Waals surface area contributed by atoms with Crippen LogP contribution in [0.5, 0.6) is 5.75 Å². The average molecular weight is 268 g/mol. The minimum absolute atomic E-state index is 0.282. The van der Waals surface area contributed by atoms with Gasteiger partial charge in [-0.15, -0.1) is 0 Å². The molecule has 20 heavy (non-hydrogen) atoms. The normalized spacial score (nSPS) is 15.6. The highest BCUT2D eigenvalue weighted by Gasteiger charge is 2.34. The monoisotopic (exact) mass is 268 g/mol. The first-order chi connectivity index (χ1) is 9.56. The fourth-order valence-corrected chi connectivity index (χ4v) is 2.80. The molecule has 2 aromatic heterocycles. The number of benzene rings is 1. The number of ether oxygens (including phenoxy) is 1. The molecule has 0 fully saturated rings. The van der Waals surface area contributed by atoms with Crippen molar-refractivity contribution in [1.29, 1.82) is 0 Å². The molecule has 1 aromatic carbocycles. The Kier molecular flexibility index (Phi) is 2.06. The third kappa shape index (κ3) is 1.42. The van der Waals surface area contributed by atoms with Crippen molar-refractivity contribution in [3.8, 4) is 11.4 Å². The fraction of sp³-hybridized carbons (Fsp3) is 0.188. The van der Waals surface area contributed by atoms with E-state index in [-0.39, 0.29) is 5.82 Å². The van der Waals surface area contributed by atoms with E-state index in [4.69, 9.17) is 4.74 Å². The fourth-order valence-electron chi connectivity index (χ4n) is 2.80. The van der Waals surface area contributed by atoms with Crippen LogP contribution in [-0.4, -0.2) is 9.55 Å². The van der Waals surface area contributed by atoms with Gasteiger partial charge in [0.25, 0.3) is 0 Å². The molecule has 3 heterocycles. The molecule has 0 saturated carbocycles. The Morgan fingerprint density at radius 3 is 2.90 bits per heavy atom. The smallest absolute Gasteiger partial charge is 0.144 e. The second-order valence-electron chi connectivity index (χ2n) is 5.51. The van der Waals surface area contributed by atoms with Gasteiger partial charge in [-0.05, 0) is 44.2 Å². The molecule has 0 unspecified atom stereocenters. The molecule has 0 bridgehead atoms. The lowest BCUT2D eigenvalue weighted by molar-refractivity contribution is 0.0928. The maximum Gasteiger partial charge on any atom is 0.144 e. The lowest BCUT2D eigenvalue weighted by atomic mass is 10.0. The van der Waals surface area contributed by atoms with Gasteiger partial charge in [0.1, 0.15) is 22.8 Å². The standard InChI is InChI=1S/C16H13FN2O/c1-16(2)14-8-10-4-3-7-18-15(10)19(14)12-9-11(17)5-6-13(12)20-16/h3-9H,1-2H3. The molecule has 0 N–H and O–H groups in total. The molecule has 100 valence electrons. The number of nitrogens with zero attached hydrogens (tertiary/aromatic N) is 2. The molecule has 1 aliphatic rings. The summed E-state index contributed by atoms with van der Waals surface area (Å²) in [5.74, 6) is 0.392. The molecule has 0 amide bonds. The summed E-state index contributed by atoms with van der Waals surface area (Å²) in [6.45, 7) is 4.01. The van der Waals surface area contributed by atoms with Gasteiger partial charge >= 0.3 is 0 Å². The highest BCUT2D eigenvalue weighted by Crippen LogP contribution is 2.41. The summed E-state index contributed by atoms with van der Waals surface area (Å²) >= 11 is 0. The zero-order valence-corrected chi connectivity index (χ0v) is 11.2. The van der Waals surface area contributed by atoms with E-state index in [0.717, 1.165) is 16.7 Å². The molecule has 1 aliphatic heterocycles. The van der Waals surface area contributed by atoms with E-state index in [1.165, 1.54) is 12.1 Å². The molecule has 0 atom stereocenters. The van der Waals surface area contributed by atoms with Crippen LogP contribution in [0.4, 0.5) is 4.39 Å². The van der Waals surface area contributed by atoms with Gasteiger partial charge in [-0.2, -0.15) is 0 Å². The number of pyridine rings is 1. The highest BCUT2D eigenvalue weighted by atomic mass is 19.1. The number of rotatable bonds is 0. The second kappa shape index (κ2) is 3.60. The molecular formula is C16H13FN2O. The van der Waals surface area contributed by atoms with Crippen molar-refractivity contribution in [2.75, 3.05) is 0 Å². The summed E-state index contributed by atoms with van der Waals surface area (Å²) in [6, 6.07) is 10.5. The van der Waals surface area contributed by atoms with Crippen molar-refractivity contribution in [3.63, 3.8) is 0 Å². The van der Waals surface area contributed by atoms with Crippen molar-refractivity contribution in [2.45, 2.75) is 19.4 Å². The lowest BCUT2D eigenvalue weighted by Gasteiger charge is -2.34. The summed E-state index contributed by atoms with van der Waals surface area (Å²) in [4.78, 5) is 4.43. The quantitative estimate of drug-likeness (QED) is 0.620. The first-order valence-electron chi connectivity index (χ1n) is 6.52. The number of aromatic nitrogens is 2. The van der Waals surface area contributed by atoms with E-state index in [1.807, 2.05) is 30.5 Å². The molecule has 3 aromatic rings. The molecular weight excluding hydrogens is 255 g/mol. The summed E-state index contributed by atoms with van der Waals surface area (Å²) in [5, 5.41) is 1.02. The molecule has 0 spiro atoms. The molecule has 0 aliphatic carbocycles. The van der Waals surface area contributed by atoms with Gasteiger partial charge in [-0.3, -0.25) is 4.57 Å². The first kappa shape index (κ1) is 11.5.